The highest BCUT2D eigenvalue weighted by atomic mass is 19.4. The number of rotatable bonds is 6. The number of ether oxygens (including phenoxy) is 2. The lowest BCUT2D eigenvalue weighted by molar-refractivity contribution is -0.142. The van der Waals surface area contributed by atoms with Gasteiger partial charge < -0.3 is 14.8 Å². The van der Waals surface area contributed by atoms with Gasteiger partial charge in [-0.15, -0.1) is 0 Å². The normalized spacial score (nSPS) is 14.3. The van der Waals surface area contributed by atoms with Crippen LogP contribution in [-0.4, -0.2) is 39.3 Å². The summed E-state index contributed by atoms with van der Waals surface area (Å²) in [6.07, 6.45) is 0.785. The van der Waals surface area contributed by atoms with Crippen molar-refractivity contribution in [2.45, 2.75) is 18.8 Å². The number of anilines is 1. The second-order valence-corrected chi connectivity index (χ2v) is 6.32. The van der Waals surface area contributed by atoms with Crippen LogP contribution in [0.2, 0.25) is 0 Å². The Morgan fingerprint density at radius 2 is 1.90 bits per heavy atom. The molecule has 10 heteroatoms. The summed E-state index contributed by atoms with van der Waals surface area (Å²) in [4.78, 5) is 16.0. The molecule has 1 saturated heterocycles. The van der Waals surface area contributed by atoms with Gasteiger partial charge in [0.2, 0.25) is 11.8 Å². The minimum atomic E-state index is -4.61. The zero-order valence-electron chi connectivity index (χ0n) is 15.1. The predicted molar refractivity (Wildman–Crippen MR) is 97.1 cm³/mol. The molecule has 0 saturated carbocycles. The number of pyridine rings is 2. The SMILES string of the molecule is FC(F)(F)c1cnc(NCc2ccc(-c3cccnc3)cn2)nc1OC1COC1. The molecule has 3 aromatic rings. The third-order valence-electron chi connectivity index (χ3n) is 4.19. The number of alkyl halides is 3. The molecule has 1 N–H and O–H groups in total. The molecule has 3 aromatic heterocycles. The summed E-state index contributed by atoms with van der Waals surface area (Å²) in [5, 5.41) is 2.87. The third kappa shape index (κ3) is 4.60. The Morgan fingerprint density at radius 3 is 2.52 bits per heavy atom. The number of nitrogens with one attached hydrogen (secondary N) is 1. The van der Waals surface area contributed by atoms with Gasteiger partial charge in [-0.05, 0) is 12.1 Å². The molecule has 0 unspecified atom stereocenters. The molecule has 29 heavy (non-hydrogen) atoms. The Kier molecular flexibility index (Phi) is 5.26. The summed E-state index contributed by atoms with van der Waals surface area (Å²) in [6.45, 7) is 0.708. The molecule has 4 heterocycles. The first-order valence-electron chi connectivity index (χ1n) is 8.77. The Morgan fingerprint density at radius 1 is 1.07 bits per heavy atom. The van der Waals surface area contributed by atoms with Crippen LogP contribution in [0.15, 0.2) is 49.1 Å². The van der Waals surface area contributed by atoms with E-state index < -0.39 is 23.7 Å². The van der Waals surface area contributed by atoms with E-state index in [9.17, 15) is 13.2 Å². The van der Waals surface area contributed by atoms with Crippen LogP contribution in [0, 0.1) is 0 Å². The van der Waals surface area contributed by atoms with Crippen LogP contribution < -0.4 is 10.1 Å². The lowest BCUT2D eigenvalue weighted by Gasteiger charge is -2.27. The minimum absolute atomic E-state index is 0.0198. The summed E-state index contributed by atoms with van der Waals surface area (Å²) in [7, 11) is 0. The average molecular weight is 403 g/mol. The highest BCUT2D eigenvalue weighted by molar-refractivity contribution is 5.61. The van der Waals surface area contributed by atoms with Gasteiger partial charge in [0, 0.05) is 35.9 Å². The van der Waals surface area contributed by atoms with Gasteiger partial charge in [-0.25, -0.2) is 4.98 Å². The summed E-state index contributed by atoms with van der Waals surface area (Å²) in [6, 6.07) is 7.46. The second kappa shape index (κ2) is 8.00. The van der Waals surface area contributed by atoms with Gasteiger partial charge in [-0.1, -0.05) is 12.1 Å². The zero-order valence-corrected chi connectivity index (χ0v) is 15.1. The van der Waals surface area contributed by atoms with Crippen LogP contribution in [-0.2, 0) is 17.5 Å². The first-order chi connectivity index (χ1) is 14.0. The van der Waals surface area contributed by atoms with Crippen LogP contribution in [0.1, 0.15) is 11.3 Å². The van der Waals surface area contributed by atoms with E-state index in [1.807, 2.05) is 24.3 Å². The van der Waals surface area contributed by atoms with E-state index in [1.54, 1.807) is 18.6 Å². The fourth-order valence-corrected chi connectivity index (χ4v) is 2.58. The molecular formula is C19H16F3N5O2. The van der Waals surface area contributed by atoms with Crippen molar-refractivity contribution in [3.05, 3.63) is 60.3 Å². The van der Waals surface area contributed by atoms with E-state index in [0.717, 1.165) is 11.1 Å². The summed E-state index contributed by atoms with van der Waals surface area (Å²) in [5.74, 6) is -0.491. The quantitative estimate of drug-likeness (QED) is 0.676. The van der Waals surface area contributed by atoms with Crippen molar-refractivity contribution in [3.8, 4) is 17.0 Å². The van der Waals surface area contributed by atoms with Crippen molar-refractivity contribution < 1.29 is 22.6 Å². The van der Waals surface area contributed by atoms with E-state index in [1.165, 1.54) is 0 Å². The van der Waals surface area contributed by atoms with E-state index in [4.69, 9.17) is 9.47 Å². The molecule has 1 aliphatic heterocycles. The zero-order chi connectivity index (χ0) is 20.3. The van der Waals surface area contributed by atoms with Crippen LogP contribution in [0.5, 0.6) is 5.88 Å². The molecule has 0 bridgehead atoms. The Labute approximate surface area is 164 Å². The van der Waals surface area contributed by atoms with Crippen LogP contribution in [0.3, 0.4) is 0 Å². The van der Waals surface area contributed by atoms with Gasteiger partial charge in [0.05, 0.1) is 25.5 Å². The molecule has 4 rings (SSSR count). The lowest BCUT2D eigenvalue weighted by Crippen LogP contribution is -2.39. The van der Waals surface area contributed by atoms with Gasteiger partial charge in [-0.3, -0.25) is 9.97 Å². The first kappa shape index (κ1) is 19.1. The van der Waals surface area contributed by atoms with E-state index in [-0.39, 0.29) is 25.7 Å². The maximum absolute atomic E-state index is 13.2. The third-order valence-corrected chi connectivity index (χ3v) is 4.19. The van der Waals surface area contributed by atoms with Crippen molar-refractivity contribution in [1.82, 2.24) is 19.9 Å². The number of hydrogen-bond acceptors (Lipinski definition) is 7. The van der Waals surface area contributed by atoms with Gasteiger partial charge in [-0.2, -0.15) is 18.2 Å². The van der Waals surface area contributed by atoms with E-state index >= 15 is 0 Å². The van der Waals surface area contributed by atoms with Crippen molar-refractivity contribution in [2.75, 3.05) is 18.5 Å². The van der Waals surface area contributed by atoms with Crippen molar-refractivity contribution in [3.63, 3.8) is 0 Å². The monoisotopic (exact) mass is 403 g/mol. The average Bonchev–Trinajstić information content (AvgIpc) is 2.69. The van der Waals surface area contributed by atoms with Gasteiger partial charge in [0.1, 0.15) is 11.7 Å². The Bertz CT molecular complexity index is 964. The van der Waals surface area contributed by atoms with Crippen molar-refractivity contribution in [1.29, 1.82) is 0 Å². The molecule has 0 amide bonds. The standard InChI is InChI=1S/C19H16F3N5O2/c20-19(21,22)16-9-26-18(27-17(16)29-15-10-28-11-15)25-8-14-4-3-13(7-24-14)12-2-1-5-23-6-12/h1-7,9,15H,8,10-11H2,(H,25,26,27). The Balaban J connectivity index is 1.45. The maximum Gasteiger partial charge on any atom is 0.423 e. The largest absolute Gasteiger partial charge is 0.469 e. The van der Waals surface area contributed by atoms with Crippen molar-refractivity contribution >= 4 is 5.95 Å². The molecular weight excluding hydrogens is 387 g/mol. The second-order valence-electron chi connectivity index (χ2n) is 6.32. The number of nitrogens with zero attached hydrogens (tertiary/aromatic N) is 4. The summed E-state index contributed by atoms with van der Waals surface area (Å²) in [5.41, 5.74) is 1.50. The molecule has 1 aliphatic rings. The van der Waals surface area contributed by atoms with Gasteiger partial charge >= 0.3 is 6.18 Å². The van der Waals surface area contributed by atoms with Crippen LogP contribution in [0.4, 0.5) is 19.1 Å². The fraction of sp³-hybridized carbons (Fsp3) is 0.263. The van der Waals surface area contributed by atoms with E-state index in [2.05, 4.69) is 25.3 Å². The van der Waals surface area contributed by atoms with Crippen molar-refractivity contribution in [2.24, 2.45) is 0 Å². The van der Waals surface area contributed by atoms with Gasteiger partial charge in [0.15, 0.2) is 0 Å². The first-order valence-corrected chi connectivity index (χ1v) is 8.77. The highest BCUT2D eigenvalue weighted by Crippen LogP contribution is 2.35. The Hall–Kier alpha value is -3.27. The number of hydrogen-bond donors (Lipinski definition) is 1. The van der Waals surface area contributed by atoms with Gasteiger partial charge in [0.25, 0.3) is 0 Å². The summed E-state index contributed by atoms with van der Waals surface area (Å²) >= 11 is 0. The van der Waals surface area contributed by atoms with Crippen LogP contribution in [0.25, 0.3) is 11.1 Å². The molecule has 1 fully saturated rings. The summed E-state index contributed by atoms with van der Waals surface area (Å²) < 4.78 is 49.7. The highest BCUT2D eigenvalue weighted by Gasteiger charge is 2.37. The molecule has 150 valence electrons. The fourth-order valence-electron chi connectivity index (χ4n) is 2.58. The minimum Gasteiger partial charge on any atom is -0.469 e. The predicted octanol–water partition coefficient (Wildman–Crippen LogP) is 3.34. The number of halogens is 3. The lowest BCUT2D eigenvalue weighted by atomic mass is 10.1. The molecule has 7 nitrogen and oxygen atoms in total. The van der Waals surface area contributed by atoms with Crippen LogP contribution >= 0.6 is 0 Å². The topological polar surface area (TPSA) is 82.1 Å². The smallest absolute Gasteiger partial charge is 0.423 e. The number of aromatic nitrogens is 4. The molecule has 0 radical (unpaired) electrons. The molecule has 0 aliphatic carbocycles. The maximum atomic E-state index is 13.2. The molecule has 0 spiro atoms. The molecule has 0 aromatic carbocycles. The van der Waals surface area contributed by atoms with E-state index in [0.29, 0.717) is 11.9 Å². The molecule has 0 atom stereocenters.